The van der Waals surface area contributed by atoms with Crippen LogP contribution in [-0.4, -0.2) is 4.98 Å². The third-order valence-electron chi connectivity index (χ3n) is 1.33. The van der Waals surface area contributed by atoms with Gasteiger partial charge in [-0.1, -0.05) is 0 Å². The molecule has 3 nitrogen and oxygen atoms in total. The number of nitrogens with one attached hydrogen (secondary N) is 1. The van der Waals surface area contributed by atoms with Crippen LogP contribution in [-0.2, 0) is 0 Å². The molecule has 52 valence electrons. The summed E-state index contributed by atoms with van der Waals surface area (Å²) in [6.45, 7) is 0. The number of aromatic amines is 1. The Labute approximate surface area is 59.5 Å². The molecule has 3 heteroatoms. The lowest BCUT2D eigenvalue weighted by Crippen LogP contribution is -2.09. The minimum Gasteiger partial charge on any atom is -0.364 e. The molecule has 1 rings (SSSR count). The number of nitrogens with two attached hydrogens (primary N) is 1. The highest BCUT2D eigenvalue weighted by atomic mass is 14.8. The molecule has 0 fully saturated rings. The molecule has 0 bridgehead atoms. The predicted molar refractivity (Wildman–Crippen MR) is 38.0 cm³/mol. The van der Waals surface area contributed by atoms with E-state index in [1.165, 1.54) is 0 Å². The van der Waals surface area contributed by atoms with Crippen molar-refractivity contribution in [2.45, 2.75) is 12.5 Å². The molecule has 0 saturated carbocycles. The fourth-order valence-corrected chi connectivity index (χ4v) is 0.783. The molecule has 1 aromatic heterocycles. The summed E-state index contributed by atoms with van der Waals surface area (Å²) in [6.07, 6.45) is 2.16. The molecule has 0 aromatic carbocycles. The summed E-state index contributed by atoms with van der Waals surface area (Å²) in [7, 11) is 0. The number of hydrogen-bond acceptors (Lipinski definition) is 2. The zero-order valence-corrected chi connectivity index (χ0v) is 5.54. The second kappa shape index (κ2) is 3.04. The summed E-state index contributed by atoms with van der Waals surface area (Å²) in [5.74, 6) is 0. The van der Waals surface area contributed by atoms with Crippen molar-refractivity contribution in [3.05, 3.63) is 24.0 Å². The largest absolute Gasteiger partial charge is 0.364 e. The third kappa shape index (κ3) is 1.36. The monoisotopic (exact) mass is 135 g/mol. The smallest absolute Gasteiger partial charge is 0.0642 e. The van der Waals surface area contributed by atoms with Gasteiger partial charge in [0.15, 0.2) is 0 Å². The van der Waals surface area contributed by atoms with Crippen LogP contribution in [0.1, 0.15) is 18.2 Å². The summed E-state index contributed by atoms with van der Waals surface area (Å²) in [5, 5.41) is 8.29. The van der Waals surface area contributed by atoms with Gasteiger partial charge in [0.05, 0.1) is 18.5 Å². The van der Waals surface area contributed by atoms with E-state index < -0.39 is 0 Å². The van der Waals surface area contributed by atoms with Gasteiger partial charge in [-0.15, -0.1) is 0 Å². The fourth-order valence-electron chi connectivity index (χ4n) is 0.783. The van der Waals surface area contributed by atoms with Crippen LogP contribution in [0.15, 0.2) is 18.3 Å². The zero-order chi connectivity index (χ0) is 7.40. The lowest BCUT2D eigenvalue weighted by atomic mass is 10.2. The second-order valence-electron chi connectivity index (χ2n) is 2.09. The number of rotatable bonds is 2. The van der Waals surface area contributed by atoms with Crippen molar-refractivity contribution in [2.75, 3.05) is 0 Å². The van der Waals surface area contributed by atoms with E-state index in [1.807, 2.05) is 18.2 Å². The summed E-state index contributed by atoms with van der Waals surface area (Å²) in [5.41, 5.74) is 6.51. The van der Waals surface area contributed by atoms with Gasteiger partial charge in [0.1, 0.15) is 0 Å². The van der Waals surface area contributed by atoms with Gasteiger partial charge in [-0.3, -0.25) is 0 Å². The van der Waals surface area contributed by atoms with Gasteiger partial charge in [-0.25, -0.2) is 0 Å². The third-order valence-corrected chi connectivity index (χ3v) is 1.33. The summed E-state index contributed by atoms with van der Waals surface area (Å²) in [6, 6.07) is 5.59. The minimum atomic E-state index is -0.167. The molecule has 1 heterocycles. The predicted octanol–water partition coefficient (Wildman–Crippen LogP) is 0.928. The Morgan fingerprint density at radius 3 is 3.10 bits per heavy atom. The summed E-state index contributed by atoms with van der Waals surface area (Å²) in [4.78, 5) is 2.95. The van der Waals surface area contributed by atoms with Crippen LogP contribution in [0.3, 0.4) is 0 Å². The number of aromatic nitrogens is 1. The lowest BCUT2D eigenvalue weighted by molar-refractivity contribution is 0.726. The first-order chi connectivity index (χ1) is 4.84. The van der Waals surface area contributed by atoms with E-state index in [9.17, 15) is 0 Å². The van der Waals surface area contributed by atoms with Crippen molar-refractivity contribution in [2.24, 2.45) is 5.73 Å². The van der Waals surface area contributed by atoms with Crippen molar-refractivity contribution in [3.8, 4) is 6.07 Å². The molecule has 0 aliphatic rings. The molecule has 0 amide bonds. The fraction of sp³-hybridized carbons (Fsp3) is 0.286. The average Bonchev–Trinajstić information content (AvgIpc) is 2.38. The molecule has 0 aliphatic heterocycles. The highest BCUT2D eigenvalue weighted by Gasteiger charge is 2.03. The Bertz CT molecular complexity index is 219. The second-order valence-corrected chi connectivity index (χ2v) is 2.09. The lowest BCUT2D eigenvalue weighted by Gasteiger charge is -2.02. The molecule has 0 saturated heterocycles. The Morgan fingerprint density at radius 1 is 1.80 bits per heavy atom. The van der Waals surface area contributed by atoms with Crippen LogP contribution in [0.2, 0.25) is 0 Å². The van der Waals surface area contributed by atoms with Crippen molar-refractivity contribution >= 4 is 0 Å². The number of nitriles is 1. The number of nitrogens with zero attached hydrogens (tertiary/aromatic N) is 1. The zero-order valence-electron chi connectivity index (χ0n) is 5.54. The van der Waals surface area contributed by atoms with Gasteiger partial charge in [-0.05, 0) is 12.1 Å². The molecule has 0 aliphatic carbocycles. The van der Waals surface area contributed by atoms with Gasteiger partial charge >= 0.3 is 0 Å². The van der Waals surface area contributed by atoms with Gasteiger partial charge < -0.3 is 10.7 Å². The molecule has 0 radical (unpaired) electrons. The molecule has 1 aromatic rings. The topological polar surface area (TPSA) is 65.6 Å². The molecular weight excluding hydrogens is 126 g/mol. The van der Waals surface area contributed by atoms with Crippen LogP contribution >= 0.6 is 0 Å². The van der Waals surface area contributed by atoms with Crippen LogP contribution in [0.25, 0.3) is 0 Å². The van der Waals surface area contributed by atoms with Crippen LogP contribution in [0, 0.1) is 11.3 Å². The maximum Gasteiger partial charge on any atom is 0.0642 e. The van der Waals surface area contributed by atoms with E-state index in [0.717, 1.165) is 5.69 Å². The van der Waals surface area contributed by atoms with Crippen LogP contribution in [0.5, 0.6) is 0 Å². The van der Waals surface area contributed by atoms with E-state index in [1.54, 1.807) is 6.20 Å². The first-order valence-electron chi connectivity index (χ1n) is 3.10. The maximum atomic E-state index is 8.29. The number of H-pyrrole nitrogens is 1. The van der Waals surface area contributed by atoms with Crippen molar-refractivity contribution in [1.82, 2.24) is 4.98 Å². The van der Waals surface area contributed by atoms with Gasteiger partial charge in [0.25, 0.3) is 0 Å². The highest BCUT2D eigenvalue weighted by molar-refractivity contribution is 5.09. The molecule has 1 atom stereocenters. The van der Waals surface area contributed by atoms with E-state index in [2.05, 4.69) is 4.98 Å². The van der Waals surface area contributed by atoms with E-state index in [-0.39, 0.29) is 6.04 Å². The molecule has 10 heavy (non-hydrogen) atoms. The molecule has 3 N–H and O–H groups in total. The molecule has 0 spiro atoms. The average molecular weight is 135 g/mol. The Balaban J connectivity index is 2.61. The van der Waals surface area contributed by atoms with E-state index in [0.29, 0.717) is 6.42 Å². The molecule has 1 unspecified atom stereocenters. The Kier molecular flexibility index (Phi) is 2.08. The van der Waals surface area contributed by atoms with E-state index in [4.69, 9.17) is 11.0 Å². The highest BCUT2D eigenvalue weighted by Crippen LogP contribution is 2.09. The van der Waals surface area contributed by atoms with Crippen molar-refractivity contribution < 1.29 is 0 Å². The first kappa shape index (κ1) is 6.84. The quantitative estimate of drug-likeness (QED) is 0.633. The SMILES string of the molecule is N#CCC(N)c1ccc[nH]1. The normalized spacial score (nSPS) is 12.4. The first-order valence-corrected chi connectivity index (χ1v) is 3.10. The standard InChI is InChI=1S/C7H9N3/c8-4-3-6(9)7-2-1-5-10-7/h1-2,5-6,10H,3,9H2. The van der Waals surface area contributed by atoms with Gasteiger partial charge in [0, 0.05) is 11.9 Å². The van der Waals surface area contributed by atoms with Crippen molar-refractivity contribution in [1.29, 1.82) is 5.26 Å². The summed E-state index contributed by atoms with van der Waals surface area (Å²) >= 11 is 0. The van der Waals surface area contributed by atoms with Crippen molar-refractivity contribution in [3.63, 3.8) is 0 Å². The van der Waals surface area contributed by atoms with Gasteiger partial charge in [0.2, 0.25) is 0 Å². The van der Waals surface area contributed by atoms with E-state index >= 15 is 0 Å². The van der Waals surface area contributed by atoms with Crippen LogP contribution in [0.4, 0.5) is 0 Å². The number of hydrogen-bond donors (Lipinski definition) is 2. The van der Waals surface area contributed by atoms with Gasteiger partial charge in [-0.2, -0.15) is 5.26 Å². The Hall–Kier alpha value is -1.27. The minimum absolute atomic E-state index is 0.167. The summed E-state index contributed by atoms with van der Waals surface area (Å²) < 4.78 is 0. The molecular formula is C7H9N3. The maximum absolute atomic E-state index is 8.29. The van der Waals surface area contributed by atoms with Crippen LogP contribution < -0.4 is 5.73 Å². The Morgan fingerprint density at radius 2 is 2.60 bits per heavy atom.